The van der Waals surface area contributed by atoms with Crippen LogP contribution in [0, 0.1) is 0 Å². The van der Waals surface area contributed by atoms with Crippen molar-refractivity contribution in [2.24, 2.45) is 0 Å². The smallest absolute Gasteiger partial charge is 0.221 e. The fourth-order valence-corrected chi connectivity index (χ4v) is 1.70. The normalized spacial score (nSPS) is 11.9. The maximum atomic E-state index is 11.2. The van der Waals surface area contributed by atoms with Crippen molar-refractivity contribution in [2.45, 2.75) is 13.0 Å². The van der Waals surface area contributed by atoms with Crippen molar-refractivity contribution in [3.05, 3.63) is 48.0 Å². The summed E-state index contributed by atoms with van der Waals surface area (Å²) >= 11 is 0. The Morgan fingerprint density at radius 1 is 1.37 bits per heavy atom. The molecule has 98 valence electrons. The van der Waals surface area contributed by atoms with Crippen LogP contribution in [0.3, 0.4) is 0 Å². The first-order valence-electron chi connectivity index (χ1n) is 5.70. The highest BCUT2D eigenvalue weighted by molar-refractivity contribution is 5.90. The van der Waals surface area contributed by atoms with Gasteiger partial charge in [-0.15, -0.1) is 0 Å². The number of nitrogen functional groups attached to an aromatic ring is 1. The number of anilines is 2. The van der Waals surface area contributed by atoms with E-state index < -0.39 is 6.10 Å². The van der Waals surface area contributed by atoms with Crippen LogP contribution in [0.5, 0.6) is 0 Å². The lowest BCUT2D eigenvalue weighted by Gasteiger charge is -2.15. The largest absolute Gasteiger partial charge is 0.399 e. The molecule has 6 nitrogen and oxygen atoms in total. The van der Waals surface area contributed by atoms with Gasteiger partial charge in [-0.3, -0.25) is 4.79 Å². The Morgan fingerprint density at radius 3 is 2.68 bits per heavy atom. The zero-order chi connectivity index (χ0) is 13.8. The predicted octanol–water partition coefficient (Wildman–Crippen LogP) is 1.10. The Morgan fingerprint density at radius 2 is 2.05 bits per heavy atom. The van der Waals surface area contributed by atoms with Crippen LogP contribution in [0.4, 0.5) is 11.4 Å². The van der Waals surface area contributed by atoms with E-state index in [1.807, 2.05) is 0 Å². The van der Waals surface area contributed by atoms with Gasteiger partial charge in [0, 0.05) is 36.3 Å². The number of hydrogen-bond acceptors (Lipinski definition) is 5. The second-order valence-corrected chi connectivity index (χ2v) is 4.04. The van der Waals surface area contributed by atoms with Crippen molar-refractivity contribution in [3.8, 4) is 0 Å². The summed E-state index contributed by atoms with van der Waals surface area (Å²) in [4.78, 5) is 19.1. The molecule has 1 aromatic heterocycles. The van der Waals surface area contributed by atoms with Crippen LogP contribution in [-0.4, -0.2) is 21.0 Å². The lowest BCUT2D eigenvalue weighted by molar-refractivity contribution is -0.114. The van der Waals surface area contributed by atoms with Gasteiger partial charge >= 0.3 is 0 Å². The minimum atomic E-state index is -1.05. The summed E-state index contributed by atoms with van der Waals surface area (Å²) in [5.74, 6) is 0.0203. The molecule has 0 aliphatic carbocycles. The predicted molar refractivity (Wildman–Crippen MR) is 71.3 cm³/mol. The first-order chi connectivity index (χ1) is 9.08. The number of carbonyl (C=O) groups excluding carboxylic acids is 1. The highest BCUT2D eigenvalue weighted by atomic mass is 16.3. The average molecular weight is 258 g/mol. The summed E-state index contributed by atoms with van der Waals surface area (Å²) in [6, 6.07) is 6.53. The minimum Gasteiger partial charge on any atom is -0.399 e. The maximum Gasteiger partial charge on any atom is 0.221 e. The van der Waals surface area contributed by atoms with E-state index >= 15 is 0 Å². The van der Waals surface area contributed by atoms with Gasteiger partial charge < -0.3 is 16.2 Å². The number of hydrogen-bond donors (Lipinski definition) is 3. The molecule has 0 unspecified atom stereocenters. The number of benzene rings is 1. The number of nitrogens with one attached hydrogen (secondary N) is 1. The number of nitrogens with two attached hydrogens (primary N) is 1. The minimum absolute atomic E-state index is 0.229. The first kappa shape index (κ1) is 13.0. The van der Waals surface area contributed by atoms with Crippen LogP contribution in [0.1, 0.15) is 24.4 Å². The molecule has 0 fully saturated rings. The van der Waals surface area contributed by atoms with Crippen LogP contribution < -0.4 is 11.1 Å². The molecule has 19 heavy (non-hydrogen) atoms. The fourth-order valence-electron chi connectivity index (χ4n) is 1.70. The third-order valence-corrected chi connectivity index (χ3v) is 2.51. The van der Waals surface area contributed by atoms with Gasteiger partial charge in [0.1, 0.15) is 6.10 Å². The van der Waals surface area contributed by atoms with Gasteiger partial charge in [-0.1, -0.05) is 0 Å². The molecule has 0 aliphatic rings. The number of carbonyl (C=O) groups is 1. The number of aliphatic hydroxyl groups is 1. The molecule has 0 bridgehead atoms. The van der Waals surface area contributed by atoms with Crippen molar-refractivity contribution in [1.82, 2.24) is 9.97 Å². The molecule has 0 radical (unpaired) electrons. The van der Waals surface area contributed by atoms with Gasteiger partial charge in [0.05, 0.1) is 0 Å². The third kappa shape index (κ3) is 3.05. The highest BCUT2D eigenvalue weighted by Crippen LogP contribution is 2.28. The van der Waals surface area contributed by atoms with Gasteiger partial charge in [-0.25, -0.2) is 9.97 Å². The Hall–Kier alpha value is -2.47. The van der Waals surface area contributed by atoms with E-state index in [1.54, 1.807) is 24.3 Å². The van der Waals surface area contributed by atoms with Gasteiger partial charge in [0.15, 0.2) is 5.82 Å². The second kappa shape index (κ2) is 5.45. The Labute approximate surface area is 110 Å². The summed E-state index contributed by atoms with van der Waals surface area (Å²) in [7, 11) is 0. The molecule has 1 heterocycles. The van der Waals surface area contributed by atoms with E-state index in [9.17, 15) is 9.90 Å². The summed E-state index contributed by atoms with van der Waals surface area (Å²) in [5.41, 5.74) is 7.14. The monoisotopic (exact) mass is 258 g/mol. The number of aliphatic hydroxyl groups excluding tert-OH is 1. The van der Waals surface area contributed by atoms with Gasteiger partial charge in [0.25, 0.3) is 0 Å². The molecular formula is C13H14N4O2. The number of nitrogens with zero attached hydrogens (tertiary/aromatic N) is 2. The first-order valence-corrected chi connectivity index (χ1v) is 5.70. The fraction of sp³-hybridized carbons (Fsp3) is 0.154. The zero-order valence-corrected chi connectivity index (χ0v) is 10.4. The van der Waals surface area contributed by atoms with E-state index in [2.05, 4.69) is 15.3 Å². The van der Waals surface area contributed by atoms with Crippen LogP contribution in [0.25, 0.3) is 0 Å². The molecule has 2 rings (SSSR count). The average Bonchev–Trinajstić information content (AvgIpc) is 2.40. The summed E-state index contributed by atoms with van der Waals surface area (Å²) in [5, 5.41) is 12.9. The lowest BCUT2D eigenvalue weighted by Crippen LogP contribution is -2.12. The molecular weight excluding hydrogens is 244 g/mol. The zero-order valence-electron chi connectivity index (χ0n) is 10.4. The van der Waals surface area contributed by atoms with Crippen molar-refractivity contribution < 1.29 is 9.90 Å². The summed E-state index contributed by atoms with van der Waals surface area (Å²) in [6.07, 6.45) is 2.03. The Balaban J connectivity index is 2.42. The molecule has 1 amide bonds. The molecule has 1 aromatic carbocycles. The van der Waals surface area contributed by atoms with Crippen molar-refractivity contribution in [1.29, 1.82) is 0 Å². The number of aromatic nitrogens is 2. The van der Waals surface area contributed by atoms with Gasteiger partial charge in [-0.2, -0.15) is 0 Å². The molecule has 0 spiro atoms. The van der Waals surface area contributed by atoms with Gasteiger partial charge in [-0.05, 0) is 24.3 Å². The van der Waals surface area contributed by atoms with Crippen molar-refractivity contribution in [3.63, 3.8) is 0 Å². The standard InChI is InChI=1S/C13H14N4O2/c1-8(18)17-11-4-3-9(14)7-10(11)12(19)13-15-5-2-6-16-13/h2-7,12,19H,14H2,1H3,(H,17,18)/t12-/m1/s1. The SMILES string of the molecule is CC(=O)Nc1ccc(N)cc1[C@@H](O)c1ncccn1. The van der Waals surface area contributed by atoms with Crippen LogP contribution in [0.2, 0.25) is 0 Å². The van der Waals surface area contributed by atoms with E-state index in [-0.39, 0.29) is 11.7 Å². The highest BCUT2D eigenvalue weighted by Gasteiger charge is 2.17. The van der Waals surface area contributed by atoms with Crippen LogP contribution >= 0.6 is 0 Å². The Kier molecular flexibility index (Phi) is 3.72. The molecule has 2 aromatic rings. The van der Waals surface area contributed by atoms with Crippen LogP contribution in [0.15, 0.2) is 36.7 Å². The van der Waals surface area contributed by atoms with E-state index in [0.717, 1.165) is 0 Å². The quantitative estimate of drug-likeness (QED) is 0.715. The maximum absolute atomic E-state index is 11.2. The molecule has 0 saturated carbocycles. The number of rotatable bonds is 3. The topological polar surface area (TPSA) is 101 Å². The molecule has 1 atom stereocenters. The van der Waals surface area contributed by atoms with E-state index in [4.69, 9.17) is 5.73 Å². The molecule has 0 saturated heterocycles. The molecule has 0 aliphatic heterocycles. The van der Waals surface area contributed by atoms with Crippen molar-refractivity contribution >= 4 is 17.3 Å². The van der Waals surface area contributed by atoms with E-state index in [1.165, 1.54) is 19.3 Å². The third-order valence-electron chi connectivity index (χ3n) is 2.51. The summed E-state index contributed by atoms with van der Waals surface area (Å²) < 4.78 is 0. The van der Waals surface area contributed by atoms with Crippen molar-refractivity contribution in [2.75, 3.05) is 11.1 Å². The number of amides is 1. The lowest BCUT2D eigenvalue weighted by atomic mass is 10.1. The molecule has 4 N–H and O–H groups in total. The Bertz CT molecular complexity index is 586. The van der Waals surface area contributed by atoms with E-state index in [0.29, 0.717) is 16.9 Å². The summed E-state index contributed by atoms with van der Waals surface area (Å²) in [6.45, 7) is 1.39. The molecule has 6 heteroatoms. The van der Waals surface area contributed by atoms with Gasteiger partial charge in [0.2, 0.25) is 5.91 Å². The second-order valence-electron chi connectivity index (χ2n) is 4.04. The van der Waals surface area contributed by atoms with Crippen LogP contribution in [-0.2, 0) is 4.79 Å².